The van der Waals surface area contributed by atoms with Crippen LogP contribution in [0.3, 0.4) is 0 Å². The Balaban J connectivity index is 1.40. The highest BCUT2D eigenvalue weighted by Crippen LogP contribution is 2.65. The molecular formula is C19H22N6. The summed E-state index contributed by atoms with van der Waals surface area (Å²) in [5, 5.41) is 16.0. The first-order chi connectivity index (χ1) is 12.2. The first-order valence-electron chi connectivity index (χ1n) is 9.45. The fourth-order valence-electron chi connectivity index (χ4n) is 6.26. The van der Waals surface area contributed by atoms with E-state index in [4.69, 9.17) is 4.98 Å². The number of benzene rings is 1. The van der Waals surface area contributed by atoms with Crippen molar-refractivity contribution in [3.8, 4) is 0 Å². The lowest BCUT2D eigenvalue weighted by molar-refractivity contribution is 0.125. The van der Waals surface area contributed by atoms with Gasteiger partial charge in [0.05, 0.1) is 11.0 Å². The zero-order valence-electron chi connectivity index (χ0n) is 14.4. The van der Waals surface area contributed by atoms with Crippen molar-refractivity contribution in [3.05, 3.63) is 24.3 Å². The maximum absolute atomic E-state index is 4.85. The SMILES string of the molecule is CC(Nc1nc2ccccc2n2nnnc12)C12CC3CC(C1)C(C3)C2. The molecule has 2 heterocycles. The lowest BCUT2D eigenvalue weighted by Crippen LogP contribution is -2.41. The summed E-state index contributed by atoms with van der Waals surface area (Å²) in [5.74, 6) is 3.72. The van der Waals surface area contributed by atoms with E-state index >= 15 is 0 Å². The second-order valence-electron chi connectivity index (χ2n) is 8.56. The van der Waals surface area contributed by atoms with E-state index < -0.39 is 0 Å². The molecule has 4 saturated carbocycles. The van der Waals surface area contributed by atoms with Crippen LogP contribution in [-0.4, -0.2) is 31.1 Å². The molecule has 0 radical (unpaired) electrons. The molecule has 4 aliphatic carbocycles. The van der Waals surface area contributed by atoms with Crippen LogP contribution < -0.4 is 5.32 Å². The van der Waals surface area contributed by atoms with Gasteiger partial charge in [-0.15, -0.1) is 5.10 Å². The predicted octanol–water partition coefficient (Wildman–Crippen LogP) is 3.30. The molecule has 128 valence electrons. The van der Waals surface area contributed by atoms with Crippen LogP contribution in [0.5, 0.6) is 0 Å². The number of nitrogens with zero attached hydrogens (tertiary/aromatic N) is 5. The second kappa shape index (κ2) is 4.68. The Bertz CT molecular complexity index is 959. The maximum Gasteiger partial charge on any atom is 0.222 e. The van der Waals surface area contributed by atoms with Crippen molar-refractivity contribution in [2.75, 3.05) is 5.32 Å². The minimum absolute atomic E-state index is 0.400. The molecule has 4 bridgehead atoms. The zero-order chi connectivity index (χ0) is 16.6. The molecule has 1 N–H and O–H groups in total. The van der Waals surface area contributed by atoms with Crippen LogP contribution in [0.25, 0.3) is 16.7 Å². The van der Waals surface area contributed by atoms with Crippen LogP contribution >= 0.6 is 0 Å². The molecule has 25 heavy (non-hydrogen) atoms. The van der Waals surface area contributed by atoms with Crippen LogP contribution in [-0.2, 0) is 0 Å². The summed E-state index contributed by atoms with van der Waals surface area (Å²) in [6.45, 7) is 2.34. The molecule has 7 rings (SSSR count). The van der Waals surface area contributed by atoms with Crippen LogP contribution in [0.2, 0.25) is 0 Å². The van der Waals surface area contributed by atoms with Crippen molar-refractivity contribution in [1.82, 2.24) is 25.0 Å². The highest BCUT2D eigenvalue weighted by molar-refractivity contribution is 5.81. The van der Waals surface area contributed by atoms with E-state index in [2.05, 4.69) is 27.8 Å². The molecule has 0 amide bonds. The van der Waals surface area contributed by atoms with E-state index in [0.717, 1.165) is 40.3 Å². The molecule has 3 unspecified atom stereocenters. The van der Waals surface area contributed by atoms with Gasteiger partial charge in [0.25, 0.3) is 0 Å². The number of hydrogen-bond acceptors (Lipinski definition) is 5. The van der Waals surface area contributed by atoms with Gasteiger partial charge in [-0.1, -0.05) is 12.1 Å². The molecule has 4 aliphatic rings. The summed E-state index contributed by atoms with van der Waals surface area (Å²) < 4.78 is 1.80. The summed E-state index contributed by atoms with van der Waals surface area (Å²) in [6.07, 6.45) is 7.11. The molecule has 6 heteroatoms. The van der Waals surface area contributed by atoms with E-state index in [1.165, 1.54) is 32.1 Å². The van der Waals surface area contributed by atoms with Gasteiger partial charge in [0.1, 0.15) is 0 Å². The molecule has 6 nitrogen and oxygen atoms in total. The standard InChI is InChI=1S/C19H22N6/c1-11(19-8-12-6-13(9-19)14(7-12)10-19)20-17-18-22-23-24-25(18)16-5-3-2-4-15(16)21-17/h2-5,11-14H,6-10H2,1H3,(H,20,21). The van der Waals surface area contributed by atoms with E-state index in [-0.39, 0.29) is 0 Å². The number of anilines is 1. The Hall–Kier alpha value is -2.24. The number of fused-ring (bicyclic) bond motifs is 3. The summed E-state index contributed by atoms with van der Waals surface area (Å²) in [7, 11) is 0. The average molecular weight is 334 g/mol. The average Bonchev–Trinajstić information content (AvgIpc) is 3.27. The van der Waals surface area contributed by atoms with Gasteiger partial charge in [-0.25, -0.2) is 4.98 Å². The molecule has 0 spiro atoms. The third-order valence-corrected chi connectivity index (χ3v) is 7.27. The smallest absolute Gasteiger partial charge is 0.222 e. The minimum Gasteiger partial charge on any atom is -0.364 e. The molecule has 4 fully saturated rings. The van der Waals surface area contributed by atoms with Crippen LogP contribution in [0.1, 0.15) is 39.0 Å². The van der Waals surface area contributed by atoms with Gasteiger partial charge >= 0.3 is 0 Å². The number of tetrazole rings is 1. The van der Waals surface area contributed by atoms with Crippen LogP contribution in [0.4, 0.5) is 5.82 Å². The number of hydrogen-bond donors (Lipinski definition) is 1. The van der Waals surface area contributed by atoms with Gasteiger partial charge in [0, 0.05) is 6.04 Å². The molecular weight excluding hydrogens is 312 g/mol. The lowest BCUT2D eigenvalue weighted by atomic mass is 9.66. The summed E-state index contributed by atoms with van der Waals surface area (Å²) in [4.78, 5) is 4.85. The lowest BCUT2D eigenvalue weighted by Gasteiger charge is -2.43. The molecule has 3 atom stereocenters. The first-order valence-corrected chi connectivity index (χ1v) is 9.45. The normalized spacial score (nSPS) is 34.2. The molecule has 1 aromatic carbocycles. The van der Waals surface area contributed by atoms with Crippen molar-refractivity contribution >= 4 is 22.5 Å². The number of para-hydroxylation sites is 2. The van der Waals surface area contributed by atoms with Crippen molar-refractivity contribution in [1.29, 1.82) is 0 Å². The van der Waals surface area contributed by atoms with E-state index in [1.807, 2.05) is 24.3 Å². The summed E-state index contributed by atoms with van der Waals surface area (Å²) in [6, 6.07) is 8.43. The predicted molar refractivity (Wildman–Crippen MR) is 95.2 cm³/mol. The summed E-state index contributed by atoms with van der Waals surface area (Å²) in [5.41, 5.74) is 3.02. The fourth-order valence-corrected chi connectivity index (χ4v) is 6.26. The van der Waals surface area contributed by atoms with Gasteiger partial charge < -0.3 is 5.32 Å². The molecule has 3 aromatic rings. The Kier molecular flexibility index (Phi) is 2.62. The maximum atomic E-state index is 4.85. The second-order valence-corrected chi connectivity index (χ2v) is 8.56. The Morgan fingerprint density at radius 3 is 2.76 bits per heavy atom. The molecule has 2 aromatic heterocycles. The Morgan fingerprint density at radius 2 is 1.96 bits per heavy atom. The van der Waals surface area contributed by atoms with Gasteiger partial charge in [-0.2, -0.15) is 4.52 Å². The third kappa shape index (κ3) is 1.85. The van der Waals surface area contributed by atoms with E-state index in [9.17, 15) is 0 Å². The van der Waals surface area contributed by atoms with Crippen molar-refractivity contribution < 1.29 is 0 Å². The van der Waals surface area contributed by atoms with Gasteiger partial charge in [-0.05, 0) is 84.8 Å². The minimum atomic E-state index is 0.400. The van der Waals surface area contributed by atoms with Crippen molar-refractivity contribution in [2.24, 2.45) is 23.2 Å². The topological polar surface area (TPSA) is 68.0 Å². The Morgan fingerprint density at radius 1 is 1.16 bits per heavy atom. The zero-order valence-corrected chi connectivity index (χ0v) is 14.4. The first kappa shape index (κ1) is 14.0. The number of rotatable bonds is 3. The van der Waals surface area contributed by atoms with Crippen LogP contribution in [0.15, 0.2) is 24.3 Å². The molecule has 0 saturated heterocycles. The number of nitrogens with one attached hydrogen (secondary N) is 1. The number of aromatic nitrogens is 5. The van der Waals surface area contributed by atoms with Gasteiger partial charge in [0.15, 0.2) is 5.82 Å². The fraction of sp³-hybridized carbons (Fsp3) is 0.579. The quantitative estimate of drug-likeness (QED) is 0.796. The highest BCUT2D eigenvalue weighted by Gasteiger charge is 2.57. The molecule has 0 aliphatic heterocycles. The van der Waals surface area contributed by atoms with Crippen molar-refractivity contribution in [3.63, 3.8) is 0 Å². The largest absolute Gasteiger partial charge is 0.364 e. The highest BCUT2D eigenvalue weighted by atomic mass is 15.5. The van der Waals surface area contributed by atoms with Gasteiger partial charge in [0.2, 0.25) is 5.65 Å². The summed E-state index contributed by atoms with van der Waals surface area (Å²) >= 11 is 0. The Labute approximate surface area is 146 Å². The third-order valence-electron chi connectivity index (χ3n) is 7.27. The monoisotopic (exact) mass is 334 g/mol. The van der Waals surface area contributed by atoms with E-state index in [1.54, 1.807) is 4.52 Å². The van der Waals surface area contributed by atoms with Gasteiger partial charge in [-0.3, -0.25) is 0 Å². The van der Waals surface area contributed by atoms with Crippen molar-refractivity contribution in [2.45, 2.75) is 45.1 Å². The van der Waals surface area contributed by atoms with E-state index in [0.29, 0.717) is 11.5 Å². The van der Waals surface area contributed by atoms with Crippen LogP contribution in [0, 0.1) is 23.2 Å².